The van der Waals surface area contributed by atoms with E-state index in [1.54, 1.807) is 24.8 Å². The van der Waals surface area contributed by atoms with E-state index in [1.165, 1.54) is 29.2 Å². The number of anilines is 2. The SMILES string of the molecule is Cc1ccc(CN2C(=O)C(C)(C)N(C(=O)c3cccc([N+](=O)[O-])c3)c3ccccc32)c(C)c1. The fourth-order valence-electron chi connectivity index (χ4n) is 4.31. The Morgan fingerprint density at radius 3 is 2.33 bits per heavy atom. The van der Waals surface area contributed by atoms with Crippen molar-refractivity contribution in [1.82, 2.24) is 0 Å². The van der Waals surface area contributed by atoms with Crippen LogP contribution >= 0.6 is 0 Å². The predicted octanol–water partition coefficient (Wildman–Crippen LogP) is 5.18. The van der Waals surface area contributed by atoms with Crippen molar-refractivity contribution in [2.24, 2.45) is 0 Å². The third kappa shape index (κ3) is 3.86. The van der Waals surface area contributed by atoms with E-state index in [4.69, 9.17) is 0 Å². The van der Waals surface area contributed by atoms with Gasteiger partial charge in [-0.05, 0) is 57.0 Å². The number of para-hydroxylation sites is 2. The van der Waals surface area contributed by atoms with Crippen molar-refractivity contribution in [3.05, 3.63) is 99.1 Å². The van der Waals surface area contributed by atoms with E-state index in [0.717, 1.165) is 16.7 Å². The maximum absolute atomic E-state index is 13.7. The number of benzene rings is 3. The number of aryl methyl sites for hydroxylation is 2. The number of nitro benzene ring substituents is 1. The van der Waals surface area contributed by atoms with Crippen LogP contribution in [0.25, 0.3) is 0 Å². The summed E-state index contributed by atoms with van der Waals surface area (Å²) < 4.78 is 0. The van der Waals surface area contributed by atoms with Crippen LogP contribution in [-0.2, 0) is 11.3 Å². The number of rotatable bonds is 4. The molecule has 1 heterocycles. The molecule has 0 fully saturated rings. The van der Waals surface area contributed by atoms with Gasteiger partial charge >= 0.3 is 0 Å². The van der Waals surface area contributed by atoms with E-state index >= 15 is 0 Å². The molecule has 0 bridgehead atoms. The molecule has 3 aromatic carbocycles. The number of hydrogen-bond donors (Lipinski definition) is 0. The summed E-state index contributed by atoms with van der Waals surface area (Å²) in [7, 11) is 0. The number of non-ortho nitro benzene ring substituents is 1. The van der Waals surface area contributed by atoms with Crippen LogP contribution in [0.2, 0.25) is 0 Å². The molecule has 7 nitrogen and oxygen atoms in total. The van der Waals surface area contributed by atoms with Crippen molar-refractivity contribution in [3.63, 3.8) is 0 Å². The Morgan fingerprint density at radius 1 is 0.970 bits per heavy atom. The minimum absolute atomic E-state index is 0.155. The molecular weight excluding hydrogens is 418 g/mol. The number of carbonyl (C=O) groups excluding carboxylic acids is 2. The molecule has 0 aliphatic carbocycles. The van der Waals surface area contributed by atoms with Crippen molar-refractivity contribution in [2.75, 3.05) is 9.80 Å². The predicted molar refractivity (Wildman–Crippen MR) is 128 cm³/mol. The molecule has 3 aromatic rings. The summed E-state index contributed by atoms with van der Waals surface area (Å²) in [5.41, 5.74) is 3.26. The van der Waals surface area contributed by atoms with Crippen molar-refractivity contribution in [3.8, 4) is 0 Å². The second kappa shape index (κ2) is 8.16. The van der Waals surface area contributed by atoms with E-state index < -0.39 is 16.4 Å². The standard InChI is InChI=1S/C26H25N3O4/c1-17-12-13-20(18(2)14-17)16-27-22-10-5-6-11-23(22)28(26(3,4)25(27)31)24(30)19-8-7-9-21(15-19)29(32)33/h5-15H,16H2,1-4H3. The van der Waals surface area contributed by atoms with E-state index in [9.17, 15) is 19.7 Å². The molecule has 0 N–H and O–H groups in total. The molecule has 0 unspecified atom stereocenters. The van der Waals surface area contributed by atoms with E-state index in [1.807, 2.05) is 44.2 Å². The minimum Gasteiger partial charge on any atom is -0.304 e. The zero-order chi connectivity index (χ0) is 23.9. The summed E-state index contributed by atoms with van der Waals surface area (Å²) in [6, 6.07) is 19.0. The van der Waals surface area contributed by atoms with Gasteiger partial charge in [-0.2, -0.15) is 0 Å². The van der Waals surface area contributed by atoms with E-state index in [0.29, 0.717) is 17.9 Å². The number of hydrogen-bond acceptors (Lipinski definition) is 4. The largest absolute Gasteiger partial charge is 0.304 e. The lowest BCUT2D eigenvalue weighted by atomic mass is 9.92. The molecule has 0 saturated carbocycles. The van der Waals surface area contributed by atoms with Gasteiger partial charge in [-0.25, -0.2) is 0 Å². The topological polar surface area (TPSA) is 83.8 Å². The zero-order valence-electron chi connectivity index (χ0n) is 19.0. The van der Waals surface area contributed by atoms with Crippen LogP contribution in [0.5, 0.6) is 0 Å². The van der Waals surface area contributed by atoms with Gasteiger partial charge in [-0.1, -0.05) is 42.0 Å². The van der Waals surface area contributed by atoms with Gasteiger partial charge < -0.3 is 4.90 Å². The number of amides is 2. The first-order valence-corrected chi connectivity index (χ1v) is 10.7. The molecule has 168 valence electrons. The zero-order valence-corrected chi connectivity index (χ0v) is 19.0. The lowest BCUT2D eigenvalue weighted by Crippen LogP contribution is -2.62. The molecule has 4 rings (SSSR count). The molecule has 0 aromatic heterocycles. The second-order valence-electron chi connectivity index (χ2n) is 8.82. The number of nitro groups is 1. The normalized spacial score (nSPS) is 14.7. The van der Waals surface area contributed by atoms with Gasteiger partial charge in [-0.3, -0.25) is 24.6 Å². The van der Waals surface area contributed by atoms with Crippen LogP contribution in [0.1, 0.15) is 40.9 Å². The summed E-state index contributed by atoms with van der Waals surface area (Å²) in [4.78, 5) is 41.2. The summed E-state index contributed by atoms with van der Waals surface area (Å²) in [5, 5.41) is 11.2. The van der Waals surface area contributed by atoms with Crippen molar-refractivity contribution in [1.29, 1.82) is 0 Å². The Kier molecular flexibility index (Phi) is 5.49. The third-order valence-corrected chi connectivity index (χ3v) is 6.07. The average molecular weight is 444 g/mol. The van der Waals surface area contributed by atoms with Crippen molar-refractivity contribution < 1.29 is 14.5 Å². The molecule has 2 amide bonds. The highest BCUT2D eigenvalue weighted by molar-refractivity contribution is 6.19. The van der Waals surface area contributed by atoms with E-state index in [2.05, 4.69) is 6.07 Å². The Balaban J connectivity index is 1.80. The Bertz CT molecular complexity index is 1280. The molecule has 0 radical (unpaired) electrons. The smallest absolute Gasteiger partial charge is 0.270 e. The summed E-state index contributed by atoms with van der Waals surface area (Å²) in [6.45, 7) is 7.83. The van der Waals surface area contributed by atoms with Crippen LogP contribution in [0.15, 0.2) is 66.7 Å². The first-order valence-electron chi connectivity index (χ1n) is 10.7. The van der Waals surface area contributed by atoms with Crippen LogP contribution < -0.4 is 9.80 Å². The maximum Gasteiger partial charge on any atom is 0.270 e. The molecule has 7 heteroatoms. The highest BCUT2D eigenvalue weighted by Gasteiger charge is 2.47. The average Bonchev–Trinajstić information content (AvgIpc) is 2.78. The Labute approximate surface area is 192 Å². The third-order valence-electron chi connectivity index (χ3n) is 6.07. The van der Waals surface area contributed by atoms with Gasteiger partial charge in [0.05, 0.1) is 22.8 Å². The molecule has 0 saturated heterocycles. The first-order chi connectivity index (χ1) is 15.6. The lowest BCUT2D eigenvalue weighted by Gasteiger charge is -2.46. The number of carbonyl (C=O) groups is 2. The highest BCUT2D eigenvalue weighted by atomic mass is 16.6. The monoisotopic (exact) mass is 443 g/mol. The summed E-state index contributed by atoms with van der Waals surface area (Å²) >= 11 is 0. The molecule has 1 aliphatic rings. The van der Waals surface area contributed by atoms with Crippen LogP contribution in [-0.4, -0.2) is 22.3 Å². The highest BCUT2D eigenvalue weighted by Crippen LogP contribution is 2.42. The molecule has 33 heavy (non-hydrogen) atoms. The number of nitrogens with zero attached hydrogens (tertiary/aromatic N) is 3. The maximum atomic E-state index is 13.7. The van der Waals surface area contributed by atoms with Gasteiger partial charge in [0.25, 0.3) is 17.5 Å². The van der Waals surface area contributed by atoms with Gasteiger partial charge in [0.15, 0.2) is 0 Å². The Hall–Kier alpha value is -4.00. The quantitative estimate of drug-likeness (QED) is 0.411. The van der Waals surface area contributed by atoms with Crippen LogP contribution in [0.3, 0.4) is 0 Å². The van der Waals surface area contributed by atoms with Crippen LogP contribution in [0, 0.1) is 24.0 Å². The second-order valence-corrected chi connectivity index (χ2v) is 8.82. The minimum atomic E-state index is -1.20. The molecular formula is C26H25N3O4. The van der Waals surface area contributed by atoms with Crippen molar-refractivity contribution >= 4 is 28.9 Å². The molecule has 1 aliphatic heterocycles. The molecule has 0 spiro atoms. The lowest BCUT2D eigenvalue weighted by molar-refractivity contribution is -0.384. The van der Waals surface area contributed by atoms with Crippen LogP contribution in [0.4, 0.5) is 17.1 Å². The van der Waals surface area contributed by atoms with Gasteiger partial charge in [0, 0.05) is 17.7 Å². The van der Waals surface area contributed by atoms with Gasteiger partial charge in [0.1, 0.15) is 5.54 Å². The number of fused-ring (bicyclic) bond motifs is 1. The fourth-order valence-corrected chi connectivity index (χ4v) is 4.31. The van der Waals surface area contributed by atoms with Gasteiger partial charge in [-0.15, -0.1) is 0 Å². The fraction of sp³-hybridized carbons (Fsp3) is 0.231. The summed E-state index contributed by atoms with van der Waals surface area (Å²) in [5.74, 6) is -0.685. The molecule has 0 atom stereocenters. The van der Waals surface area contributed by atoms with E-state index in [-0.39, 0.29) is 17.2 Å². The Morgan fingerprint density at radius 2 is 1.67 bits per heavy atom. The van der Waals surface area contributed by atoms with Gasteiger partial charge in [0.2, 0.25) is 0 Å². The first kappa shape index (κ1) is 22.2. The van der Waals surface area contributed by atoms with Crippen molar-refractivity contribution in [2.45, 2.75) is 39.8 Å². The summed E-state index contributed by atoms with van der Waals surface area (Å²) in [6.07, 6.45) is 0.